The molecule has 1 heterocycles. The molecule has 3 rings (SSSR count). The van der Waals surface area contributed by atoms with Crippen molar-refractivity contribution in [3.8, 4) is 0 Å². The summed E-state index contributed by atoms with van der Waals surface area (Å²) in [6.07, 6.45) is 0. The molecule has 2 aromatic carbocycles. The van der Waals surface area contributed by atoms with E-state index in [2.05, 4.69) is 0 Å². The zero-order valence-corrected chi connectivity index (χ0v) is 14.6. The molecule has 2 aromatic rings. The van der Waals surface area contributed by atoms with Gasteiger partial charge in [0.2, 0.25) is 0 Å². The monoisotopic (exact) mass is 333 g/mol. The number of aryl methyl sites for hydroxylation is 3. The van der Waals surface area contributed by atoms with Crippen LogP contribution >= 0.6 is 11.8 Å². The number of hydrogen-bond acceptors (Lipinski definition) is 3. The summed E-state index contributed by atoms with van der Waals surface area (Å²) in [5.41, 5.74) is 3.50. The van der Waals surface area contributed by atoms with E-state index in [1.807, 2.05) is 57.2 Å². The molecule has 5 heteroatoms. The minimum atomic E-state index is -3.53. The van der Waals surface area contributed by atoms with Crippen molar-refractivity contribution in [3.05, 3.63) is 53.1 Å². The number of para-hydroxylation sites is 1. The minimum absolute atomic E-state index is 0.444. The van der Waals surface area contributed by atoms with E-state index in [9.17, 15) is 8.42 Å². The maximum absolute atomic E-state index is 13.2. The molecule has 0 radical (unpaired) electrons. The predicted molar refractivity (Wildman–Crippen MR) is 92.4 cm³/mol. The Hall–Kier alpha value is -1.46. The third kappa shape index (κ3) is 2.52. The van der Waals surface area contributed by atoms with E-state index < -0.39 is 10.0 Å². The lowest BCUT2D eigenvalue weighted by atomic mass is 10.1. The van der Waals surface area contributed by atoms with E-state index in [0.29, 0.717) is 11.4 Å². The Morgan fingerprint density at radius 2 is 1.68 bits per heavy atom. The van der Waals surface area contributed by atoms with Gasteiger partial charge in [-0.15, -0.1) is 11.8 Å². The van der Waals surface area contributed by atoms with Crippen molar-refractivity contribution in [1.82, 2.24) is 0 Å². The molecule has 0 unspecified atom stereocenters. The molecule has 0 aromatic heterocycles. The number of rotatable bonds is 2. The topological polar surface area (TPSA) is 37.4 Å². The molecular formula is C17H19NO2S2. The molecule has 3 nitrogen and oxygen atoms in total. The molecule has 0 N–H and O–H groups in total. The Morgan fingerprint density at radius 1 is 1.05 bits per heavy atom. The Kier molecular flexibility index (Phi) is 3.95. The number of anilines is 1. The van der Waals surface area contributed by atoms with Crippen molar-refractivity contribution < 1.29 is 8.42 Å². The van der Waals surface area contributed by atoms with Crippen molar-refractivity contribution in [1.29, 1.82) is 0 Å². The lowest BCUT2D eigenvalue weighted by Crippen LogP contribution is -2.36. The van der Waals surface area contributed by atoms with Gasteiger partial charge in [0.15, 0.2) is 0 Å². The number of benzene rings is 2. The fourth-order valence-electron chi connectivity index (χ4n) is 3.08. The molecule has 0 bridgehead atoms. The summed E-state index contributed by atoms with van der Waals surface area (Å²) in [7, 11) is -3.53. The van der Waals surface area contributed by atoms with Crippen molar-refractivity contribution in [3.63, 3.8) is 0 Å². The Morgan fingerprint density at radius 3 is 2.36 bits per heavy atom. The van der Waals surface area contributed by atoms with Gasteiger partial charge >= 0.3 is 0 Å². The first-order valence-corrected chi connectivity index (χ1v) is 9.66. The van der Waals surface area contributed by atoms with Crippen LogP contribution in [0.25, 0.3) is 0 Å². The first-order valence-electron chi connectivity index (χ1n) is 7.23. The third-order valence-corrected chi connectivity index (χ3v) is 7.00. The van der Waals surface area contributed by atoms with Crippen LogP contribution in [0.4, 0.5) is 5.69 Å². The van der Waals surface area contributed by atoms with Gasteiger partial charge in [-0.25, -0.2) is 8.42 Å². The quantitative estimate of drug-likeness (QED) is 0.836. The summed E-state index contributed by atoms with van der Waals surface area (Å²) in [5, 5.41) is 0. The second-order valence-corrected chi connectivity index (χ2v) is 8.56. The number of sulfonamides is 1. The molecule has 1 aliphatic rings. The average Bonchev–Trinajstić information content (AvgIpc) is 2.45. The predicted octanol–water partition coefficient (Wildman–Crippen LogP) is 3.91. The van der Waals surface area contributed by atoms with Crippen LogP contribution in [0.2, 0.25) is 0 Å². The van der Waals surface area contributed by atoms with Gasteiger partial charge in [0.05, 0.1) is 10.6 Å². The zero-order valence-electron chi connectivity index (χ0n) is 13.0. The average molecular weight is 333 g/mol. The standard InChI is InChI=1S/C17H19NO2S2/c1-12-10-13(2)17(14(3)11-12)22(19,20)18-8-9-21-16-7-5-4-6-15(16)18/h4-7,10-11H,8-9H2,1-3H3. The van der Waals surface area contributed by atoms with Crippen molar-refractivity contribution in [2.24, 2.45) is 0 Å². The summed E-state index contributed by atoms with van der Waals surface area (Å²) in [5.74, 6) is 0.778. The van der Waals surface area contributed by atoms with E-state index in [0.717, 1.165) is 33.0 Å². The van der Waals surface area contributed by atoms with Crippen molar-refractivity contribution in [2.75, 3.05) is 16.6 Å². The fourth-order valence-corrected chi connectivity index (χ4v) is 6.15. The molecule has 0 spiro atoms. The van der Waals surface area contributed by atoms with E-state index in [1.54, 1.807) is 16.1 Å². The molecule has 22 heavy (non-hydrogen) atoms. The SMILES string of the molecule is Cc1cc(C)c(S(=O)(=O)N2CCSc3ccccc32)c(C)c1. The van der Waals surface area contributed by atoms with Gasteiger partial charge < -0.3 is 0 Å². The number of nitrogens with zero attached hydrogens (tertiary/aromatic N) is 1. The van der Waals surface area contributed by atoms with Crippen LogP contribution in [0, 0.1) is 20.8 Å². The Bertz CT molecular complexity index is 805. The summed E-state index contributed by atoms with van der Waals surface area (Å²) >= 11 is 1.71. The molecule has 0 saturated carbocycles. The van der Waals surface area contributed by atoms with E-state index in [-0.39, 0.29) is 0 Å². The van der Waals surface area contributed by atoms with Crippen LogP contribution in [0.3, 0.4) is 0 Å². The van der Waals surface area contributed by atoms with Gasteiger partial charge in [0.25, 0.3) is 10.0 Å². The van der Waals surface area contributed by atoms with E-state index in [4.69, 9.17) is 0 Å². The van der Waals surface area contributed by atoms with Gasteiger partial charge in [-0.05, 0) is 44.0 Å². The summed E-state index contributed by atoms with van der Waals surface area (Å²) in [6, 6.07) is 11.6. The normalized spacial score (nSPS) is 14.8. The van der Waals surface area contributed by atoms with E-state index in [1.165, 1.54) is 0 Å². The third-order valence-electron chi connectivity index (χ3n) is 3.84. The summed E-state index contributed by atoms with van der Waals surface area (Å²) < 4.78 is 28.0. The highest BCUT2D eigenvalue weighted by molar-refractivity contribution is 8.00. The van der Waals surface area contributed by atoms with Crippen molar-refractivity contribution in [2.45, 2.75) is 30.6 Å². The van der Waals surface area contributed by atoms with Crippen LogP contribution in [0.1, 0.15) is 16.7 Å². The molecule has 1 aliphatic heterocycles. The van der Waals surface area contributed by atoms with Gasteiger partial charge in [0.1, 0.15) is 0 Å². The molecule has 0 saturated heterocycles. The van der Waals surface area contributed by atoms with Gasteiger partial charge in [-0.1, -0.05) is 29.8 Å². The van der Waals surface area contributed by atoms with Crippen molar-refractivity contribution >= 4 is 27.5 Å². The number of hydrogen-bond donors (Lipinski definition) is 0. The summed E-state index contributed by atoms with van der Waals surface area (Å²) in [4.78, 5) is 1.47. The second kappa shape index (κ2) is 5.63. The number of fused-ring (bicyclic) bond motifs is 1. The maximum Gasteiger partial charge on any atom is 0.264 e. The molecule has 0 fully saturated rings. The van der Waals surface area contributed by atoms with Crippen LogP contribution in [-0.2, 0) is 10.0 Å². The van der Waals surface area contributed by atoms with Crippen LogP contribution in [0.5, 0.6) is 0 Å². The van der Waals surface area contributed by atoms with Gasteiger partial charge in [-0.3, -0.25) is 4.31 Å². The number of thioether (sulfide) groups is 1. The summed E-state index contributed by atoms with van der Waals surface area (Å²) in [6.45, 7) is 6.25. The molecule has 0 atom stereocenters. The van der Waals surface area contributed by atoms with Gasteiger partial charge in [-0.2, -0.15) is 0 Å². The largest absolute Gasteiger partial charge is 0.264 e. The highest BCUT2D eigenvalue weighted by Gasteiger charge is 2.31. The van der Waals surface area contributed by atoms with Crippen LogP contribution < -0.4 is 4.31 Å². The first kappa shape index (κ1) is 15.4. The van der Waals surface area contributed by atoms with E-state index >= 15 is 0 Å². The molecule has 0 amide bonds. The van der Waals surface area contributed by atoms with Crippen LogP contribution in [-0.4, -0.2) is 20.7 Å². The fraction of sp³-hybridized carbons (Fsp3) is 0.294. The minimum Gasteiger partial charge on any atom is -0.264 e. The second-order valence-electron chi connectivity index (χ2n) is 5.62. The Labute approximate surface area is 136 Å². The Balaban J connectivity index is 2.17. The molecular weight excluding hydrogens is 314 g/mol. The highest BCUT2D eigenvalue weighted by atomic mass is 32.2. The highest BCUT2D eigenvalue weighted by Crippen LogP contribution is 2.38. The molecule has 116 valence electrons. The lowest BCUT2D eigenvalue weighted by molar-refractivity contribution is 0.590. The first-order chi connectivity index (χ1) is 10.4. The lowest BCUT2D eigenvalue weighted by Gasteiger charge is -2.31. The maximum atomic E-state index is 13.2. The molecule has 0 aliphatic carbocycles. The van der Waals surface area contributed by atoms with Crippen LogP contribution in [0.15, 0.2) is 46.2 Å². The zero-order chi connectivity index (χ0) is 15.9. The van der Waals surface area contributed by atoms with Gasteiger partial charge in [0, 0.05) is 17.2 Å². The smallest absolute Gasteiger partial charge is 0.264 e.